The number of nitrogens with one attached hydrogen (secondary N) is 1. The second-order valence-electron chi connectivity index (χ2n) is 3.71. The van der Waals surface area contributed by atoms with Crippen molar-refractivity contribution in [1.82, 2.24) is 9.97 Å². The molecule has 0 saturated carbocycles. The first kappa shape index (κ1) is 10.3. The van der Waals surface area contributed by atoms with Crippen LogP contribution in [0, 0.1) is 0 Å². The highest BCUT2D eigenvalue weighted by molar-refractivity contribution is 8.00. The molecule has 4 heteroatoms. The summed E-state index contributed by atoms with van der Waals surface area (Å²) in [6.45, 7) is 6.50. The monoisotopic (exact) mass is 197 g/mol. The molecule has 0 aliphatic carbocycles. The standard InChI is InChI=1S/C9H15N3S/c1-9(2,3)13-8-5-7(10-4)11-6-12-8/h5-6H,1-4H3,(H,10,11,12). The van der Waals surface area contributed by atoms with Crippen LogP contribution < -0.4 is 5.32 Å². The third-order valence-corrected chi connectivity index (χ3v) is 2.35. The van der Waals surface area contributed by atoms with E-state index in [1.54, 1.807) is 18.1 Å². The molecule has 1 heterocycles. The summed E-state index contributed by atoms with van der Waals surface area (Å²) in [5.74, 6) is 0.863. The maximum absolute atomic E-state index is 4.18. The second-order valence-corrected chi connectivity index (χ2v) is 5.55. The van der Waals surface area contributed by atoms with Gasteiger partial charge in [-0.1, -0.05) is 20.8 Å². The van der Waals surface area contributed by atoms with Crippen LogP contribution in [0.5, 0.6) is 0 Å². The summed E-state index contributed by atoms with van der Waals surface area (Å²) in [4.78, 5) is 8.24. The lowest BCUT2D eigenvalue weighted by Gasteiger charge is -2.16. The van der Waals surface area contributed by atoms with Crippen LogP contribution in [0.4, 0.5) is 5.82 Å². The van der Waals surface area contributed by atoms with Crippen molar-refractivity contribution in [1.29, 1.82) is 0 Å². The molecule has 0 radical (unpaired) electrons. The largest absolute Gasteiger partial charge is 0.373 e. The molecule has 0 fully saturated rings. The molecule has 0 aromatic carbocycles. The van der Waals surface area contributed by atoms with Gasteiger partial charge in [0.25, 0.3) is 0 Å². The van der Waals surface area contributed by atoms with E-state index in [0.29, 0.717) is 0 Å². The molecule has 1 N–H and O–H groups in total. The predicted octanol–water partition coefficient (Wildman–Crippen LogP) is 2.41. The first-order chi connectivity index (χ1) is 6.01. The van der Waals surface area contributed by atoms with Gasteiger partial charge >= 0.3 is 0 Å². The molecule has 0 atom stereocenters. The van der Waals surface area contributed by atoms with Crippen molar-refractivity contribution in [3.63, 3.8) is 0 Å². The Balaban J connectivity index is 2.78. The summed E-state index contributed by atoms with van der Waals surface area (Å²) in [6, 6.07) is 1.95. The van der Waals surface area contributed by atoms with Gasteiger partial charge in [-0.2, -0.15) is 0 Å². The SMILES string of the molecule is CNc1cc(SC(C)(C)C)ncn1. The molecule has 0 amide bonds. The Labute approximate surface area is 83.4 Å². The topological polar surface area (TPSA) is 37.8 Å². The van der Waals surface area contributed by atoms with Gasteiger partial charge in [-0.15, -0.1) is 11.8 Å². The third-order valence-electron chi connectivity index (χ3n) is 1.31. The predicted molar refractivity (Wildman–Crippen MR) is 57.2 cm³/mol. The van der Waals surface area contributed by atoms with Crippen molar-refractivity contribution < 1.29 is 0 Å². The van der Waals surface area contributed by atoms with Gasteiger partial charge in [-0.3, -0.25) is 0 Å². The van der Waals surface area contributed by atoms with E-state index in [9.17, 15) is 0 Å². The quantitative estimate of drug-likeness (QED) is 0.583. The van der Waals surface area contributed by atoms with Crippen molar-refractivity contribution in [3.05, 3.63) is 12.4 Å². The van der Waals surface area contributed by atoms with Crippen LogP contribution in [-0.2, 0) is 0 Å². The van der Waals surface area contributed by atoms with Crippen LogP contribution in [0.25, 0.3) is 0 Å². The number of rotatable bonds is 2. The summed E-state index contributed by atoms with van der Waals surface area (Å²) in [7, 11) is 1.86. The van der Waals surface area contributed by atoms with Crippen molar-refractivity contribution in [2.75, 3.05) is 12.4 Å². The summed E-state index contributed by atoms with van der Waals surface area (Å²) in [5, 5.41) is 4.00. The Hall–Kier alpha value is -0.770. The Morgan fingerprint density at radius 3 is 2.54 bits per heavy atom. The molecule has 0 bridgehead atoms. The van der Waals surface area contributed by atoms with Gasteiger partial charge in [0.1, 0.15) is 17.2 Å². The molecule has 0 unspecified atom stereocenters. The number of nitrogens with zero attached hydrogens (tertiary/aromatic N) is 2. The minimum Gasteiger partial charge on any atom is -0.373 e. The number of aromatic nitrogens is 2. The molecule has 3 nitrogen and oxygen atoms in total. The van der Waals surface area contributed by atoms with Crippen LogP contribution in [0.15, 0.2) is 17.4 Å². The van der Waals surface area contributed by atoms with E-state index < -0.39 is 0 Å². The van der Waals surface area contributed by atoms with E-state index in [-0.39, 0.29) is 4.75 Å². The first-order valence-corrected chi connectivity index (χ1v) is 5.02. The molecule has 72 valence electrons. The van der Waals surface area contributed by atoms with E-state index in [1.165, 1.54) is 0 Å². The molecule has 1 aromatic heterocycles. The minimum absolute atomic E-state index is 0.194. The van der Waals surface area contributed by atoms with Crippen LogP contribution in [-0.4, -0.2) is 21.8 Å². The second kappa shape index (κ2) is 3.96. The molecule has 13 heavy (non-hydrogen) atoms. The molecule has 0 saturated heterocycles. The summed E-state index contributed by atoms with van der Waals surface area (Å²) >= 11 is 1.74. The van der Waals surface area contributed by atoms with Crippen molar-refractivity contribution in [2.45, 2.75) is 30.5 Å². The van der Waals surface area contributed by atoms with Gasteiger partial charge in [0.2, 0.25) is 0 Å². The van der Waals surface area contributed by atoms with Gasteiger partial charge in [-0.05, 0) is 0 Å². The van der Waals surface area contributed by atoms with Crippen LogP contribution in [0.2, 0.25) is 0 Å². The lowest BCUT2D eigenvalue weighted by molar-refractivity contribution is 0.798. The number of anilines is 1. The van der Waals surface area contributed by atoms with E-state index >= 15 is 0 Å². The van der Waals surface area contributed by atoms with Crippen molar-refractivity contribution >= 4 is 17.6 Å². The maximum Gasteiger partial charge on any atom is 0.130 e. The number of hydrogen-bond acceptors (Lipinski definition) is 4. The maximum atomic E-state index is 4.18. The summed E-state index contributed by atoms with van der Waals surface area (Å²) in [6.07, 6.45) is 1.58. The van der Waals surface area contributed by atoms with E-state index in [4.69, 9.17) is 0 Å². The van der Waals surface area contributed by atoms with Crippen molar-refractivity contribution in [2.24, 2.45) is 0 Å². The van der Waals surface area contributed by atoms with Crippen LogP contribution in [0.1, 0.15) is 20.8 Å². The smallest absolute Gasteiger partial charge is 0.130 e. The molecule has 1 rings (SSSR count). The van der Waals surface area contributed by atoms with Gasteiger partial charge < -0.3 is 5.32 Å². The molecule has 1 aromatic rings. The lowest BCUT2D eigenvalue weighted by atomic mass is 10.3. The van der Waals surface area contributed by atoms with Gasteiger partial charge in [0.15, 0.2) is 0 Å². The van der Waals surface area contributed by atoms with Gasteiger partial charge in [0.05, 0.1) is 0 Å². The highest BCUT2D eigenvalue weighted by Gasteiger charge is 2.13. The molecular formula is C9H15N3S. The molecular weight excluding hydrogens is 182 g/mol. The fourth-order valence-corrected chi connectivity index (χ4v) is 1.74. The lowest BCUT2D eigenvalue weighted by Crippen LogP contribution is -2.07. The van der Waals surface area contributed by atoms with E-state index in [0.717, 1.165) is 10.8 Å². The van der Waals surface area contributed by atoms with Crippen LogP contribution in [0.3, 0.4) is 0 Å². The van der Waals surface area contributed by atoms with Gasteiger partial charge in [0, 0.05) is 17.9 Å². The molecule has 0 aliphatic heterocycles. The minimum atomic E-state index is 0.194. The zero-order chi connectivity index (χ0) is 9.90. The van der Waals surface area contributed by atoms with Crippen molar-refractivity contribution in [3.8, 4) is 0 Å². The highest BCUT2D eigenvalue weighted by Crippen LogP contribution is 2.30. The average Bonchev–Trinajstić information content (AvgIpc) is 2.01. The normalized spacial score (nSPS) is 11.4. The van der Waals surface area contributed by atoms with E-state index in [1.807, 2.05) is 13.1 Å². The van der Waals surface area contributed by atoms with Crippen LogP contribution >= 0.6 is 11.8 Å². The fraction of sp³-hybridized carbons (Fsp3) is 0.556. The zero-order valence-electron chi connectivity index (χ0n) is 8.46. The summed E-state index contributed by atoms with van der Waals surface area (Å²) in [5.41, 5.74) is 0. The third kappa shape index (κ3) is 3.63. The Morgan fingerprint density at radius 2 is 2.00 bits per heavy atom. The fourth-order valence-electron chi connectivity index (χ4n) is 0.846. The Bertz CT molecular complexity index is 280. The Morgan fingerprint density at radius 1 is 1.31 bits per heavy atom. The molecule has 0 aliphatic rings. The Kier molecular flexibility index (Phi) is 3.14. The first-order valence-electron chi connectivity index (χ1n) is 4.20. The average molecular weight is 197 g/mol. The molecule has 0 spiro atoms. The summed E-state index contributed by atoms with van der Waals surface area (Å²) < 4.78 is 0.194. The highest BCUT2D eigenvalue weighted by atomic mass is 32.2. The zero-order valence-corrected chi connectivity index (χ0v) is 9.27. The van der Waals surface area contributed by atoms with E-state index in [2.05, 4.69) is 36.1 Å². The number of hydrogen-bond donors (Lipinski definition) is 1. The van der Waals surface area contributed by atoms with Gasteiger partial charge in [-0.25, -0.2) is 9.97 Å². The number of thioether (sulfide) groups is 1.